The molecule has 0 saturated heterocycles. The molecule has 0 radical (unpaired) electrons. The average Bonchev–Trinajstić information content (AvgIpc) is 3.39. The van der Waals surface area contributed by atoms with Crippen molar-refractivity contribution in [2.45, 2.75) is 202 Å². The standard InChI is InChI=1S/2C19H28N2O2.C19H22N2O2.C2H6/c1-13-3-7-15(8-4-13)17-11-20-19(21-12-17)23-18(22)16-9-5-14(2)6-10-16;2*1-13-3-5-16(6-4-13)19(22)23-17-9-7-15(8-10-17)18-20-11-14(2)12-21-18;1-2/h11-16H,3-10H2,1-2H3;11-13,15-17H,3-10H2,1-2H3;7-13,16H,3-6H2,1-2H3;1-2H3. The van der Waals surface area contributed by atoms with Gasteiger partial charge in [0, 0.05) is 48.7 Å². The molecule has 9 rings (SSSR count). The van der Waals surface area contributed by atoms with Crippen molar-refractivity contribution >= 4 is 17.9 Å². The highest BCUT2D eigenvalue weighted by Gasteiger charge is 2.32. The molecule has 0 atom stereocenters. The zero-order valence-corrected chi connectivity index (χ0v) is 44.3. The Labute approximate surface area is 425 Å². The molecule has 0 N–H and O–H groups in total. The van der Waals surface area contributed by atoms with Crippen LogP contribution < -0.4 is 9.47 Å². The van der Waals surface area contributed by atoms with E-state index >= 15 is 0 Å². The van der Waals surface area contributed by atoms with E-state index < -0.39 is 0 Å². The van der Waals surface area contributed by atoms with Crippen LogP contribution >= 0.6 is 0 Å². The smallest absolute Gasteiger partial charge is 0.324 e. The van der Waals surface area contributed by atoms with Gasteiger partial charge < -0.3 is 14.2 Å². The highest BCUT2D eigenvalue weighted by atomic mass is 16.6. The first-order chi connectivity index (χ1) is 34.3. The Balaban J connectivity index is 0.000000171. The molecule has 1 aromatic carbocycles. The Morgan fingerprint density at radius 2 is 0.831 bits per heavy atom. The third-order valence-corrected chi connectivity index (χ3v) is 15.6. The van der Waals surface area contributed by atoms with Crippen molar-refractivity contribution < 1.29 is 28.6 Å². The summed E-state index contributed by atoms with van der Waals surface area (Å²) in [7, 11) is 0. The van der Waals surface area contributed by atoms with Gasteiger partial charge in [-0.1, -0.05) is 54.4 Å². The second-order valence-electron chi connectivity index (χ2n) is 21.6. The molecule has 5 fully saturated rings. The van der Waals surface area contributed by atoms with Crippen LogP contribution in [0.15, 0.2) is 61.4 Å². The number of rotatable bonds is 9. The van der Waals surface area contributed by atoms with Crippen LogP contribution in [0.3, 0.4) is 0 Å². The number of ether oxygens (including phenoxy) is 3. The fraction of sp³-hybridized carbons (Fsp3) is 0.644. The first kappa shape index (κ1) is 55.2. The van der Waals surface area contributed by atoms with Crippen molar-refractivity contribution in [3.8, 4) is 23.1 Å². The van der Waals surface area contributed by atoms with Crippen molar-refractivity contribution in [2.24, 2.45) is 41.4 Å². The molecule has 5 aliphatic carbocycles. The van der Waals surface area contributed by atoms with Gasteiger partial charge >= 0.3 is 23.9 Å². The van der Waals surface area contributed by atoms with Gasteiger partial charge in [0.1, 0.15) is 17.7 Å². The van der Waals surface area contributed by atoms with Crippen molar-refractivity contribution in [1.82, 2.24) is 29.9 Å². The van der Waals surface area contributed by atoms with E-state index in [2.05, 4.69) is 57.6 Å². The number of benzene rings is 1. The summed E-state index contributed by atoms with van der Waals surface area (Å²) in [5.74, 6) is 6.26. The third-order valence-electron chi connectivity index (χ3n) is 15.6. The largest absolute Gasteiger partial charge is 0.462 e. The van der Waals surface area contributed by atoms with E-state index in [1.54, 1.807) is 12.4 Å². The number of aromatic nitrogens is 6. The SMILES string of the molecule is CC.CC1CCC(C(=O)Oc2ncc(C3CCC(C)CC3)cn2)CC1.Cc1cnc(-c2ccc(OC(=O)C3CCC(C)CC3)cc2)nc1.Cc1cnc(C2CCC(OC(=O)C3CCC(C)CC3)CC2)nc1. The first-order valence-corrected chi connectivity index (χ1v) is 27.5. The van der Waals surface area contributed by atoms with Gasteiger partial charge in [-0.2, -0.15) is 0 Å². The van der Waals surface area contributed by atoms with Crippen LogP contribution in [0.5, 0.6) is 11.8 Å². The number of nitrogens with zero attached hydrogens (tertiary/aromatic N) is 6. The summed E-state index contributed by atoms with van der Waals surface area (Å²) in [6.07, 6.45) is 32.6. The topological polar surface area (TPSA) is 156 Å². The molecule has 71 heavy (non-hydrogen) atoms. The third kappa shape index (κ3) is 17.6. The van der Waals surface area contributed by atoms with Gasteiger partial charge in [0.05, 0.1) is 17.8 Å². The lowest BCUT2D eigenvalue weighted by atomic mass is 9.80. The van der Waals surface area contributed by atoms with E-state index in [1.165, 1.54) is 31.2 Å². The molecule has 5 saturated carbocycles. The van der Waals surface area contributed by atoms with Crippen molar-refractivity contribution in [2.75, 3.05) is 0 Å². The lowest BCUT2D eigenvalue weighted by Gasteiger charge is -2.30. The minimum Gasteiger partial charge on any atom is -0.462 e. The normalized spacial score (nSPS) is 27.3. The molecule has 386 valence electrons. The molecule has 3 heterocycles. The summed E-state index contributed by atoms with van der Waals surface area (Å²) < 4.78 is 16.7. The monoisotopic (exact) mass is 973 g/mol. The van der Waals surface area contributed by atoms with Gasteiger partial charge in [0.25, 0.3) is 0 Å². The van der Waals surface area contributed by atoms with Crippen LogP contribution in [0.1, 0.15) is 204 Å². The second kappa shape index (κ2) is 28.2. The summed E-state index contributed by atoms with van der Waals surface area (Å²) in [6, 6.07) is 7.59. The Morgan fingerprint density at radius 3 is 1.30 bits per heavy atom. The van der Waals surface area contributed by atoms with Crippen molar-refractivity contribution in [1.29, 1.82) is 0 Å². The van der Waals surface area contributed by atoms with E-state index in [-0.39, 0.29) is 47.8 Å². The molecule has 0 amide bonds. The number of hydrogen-bond donors (Lipinski definition) is 0. The summed E-state index contributed by atoms with van der Waals surface area (Å²) in [5.41, 5.74) is 4.22. The van der Waals surface area contributed by atoms with E-state index in [0.717, 1.165) is 149 Å². The molecule has 0 spiro atoms. The molecule has 0 aliphatic heterocycles. The van der Waals surface area contributed by atoms with Gasteiger partial charge in [-0.3, -0.25) is 14.4 Å². The Kier molecular flexibility index (Phi) is 21.9. The van der Waals surface area contributed by atoms with Crippen LogP contribution in [0, 0.1) is 55.3 Å². The minimum atomic E-state index is -0.156. The van der Waals surface area contributed by atoms with Gasteiger partial charge in [0.15, 0.2) is 5.82 Å². The predicted molar refractivity (Wildman–Crippen MR) is 278 cm³/mol. The zero-order valence-electron chi connectivity index (χ0n) is 44.3. The average molecular weight is 973 g/mol. The molecule has 4 aromatic rings. The van der Waals surface area contributed by atoms with E-state index in [9.17, 15) is 14.4 Å². The van der Waals surface area contributed by atoms with Crippen LogP contribution in [0.4, 0.5) is 0 Å². The van der Waals surface area contributed by atoms with Gasteiger partial charge in [0.2, 0.25) is 0 Å². The molecule has 0 unspecified atom stereocenters. The van der Waals surface area contributed by atoms with Crippen LogP contribution in [0.2, 0.25) is 0 Å². The second-order valence-corrected chi connectivity index (χ2v) is 21.6. The highest BCUT2D eigenvalue weighted by molar-refractivity contribution is 5.76. The maximum absolute atomic E-state index is 12.3. The van der Waals surface area contributed by atoms with Crippen LogP contribution in [-0.2, 0) is 19.1 Å². The van der Waals surface area contributed by atoms with Crippen LogP contribution in [0.25, 0.3) is 11.4 Å². The molecule has 12 heteroatoms. The fourth-order valence-corrected chi connectivity index (χ4v) is 10.6. The maximum Gasteiger partial charge on any atom is 0.324 e. The molecular formula is C59H84N6O6. The minimum absolute atomic E-state index is 0.0225. The summed E-state index contributed by atoms with van der Waals surface area (Å²) in [6.45, 7) is 17.0. The van der Waals surface area contributed by atoms with E-state index in [0.29, 0.717) is 23.4 Å². The molecule has 12 nitrogen and oxygen atoms in total. The number of carbonyl (C=O) groups is 3. The lowest BCUT2D eigenvalue weighted by molar-refractivity contribution is -0.157. The zero-order chi connectivity index (χ0) is 50.7. The van der Waals surface area contributed by atoms with E-state index in [1.807, 2.05) is 76.7 Å². The van der Waals surface area contributed by atoms with E-state index in [4.69, 9.17) is 14.2 Å². The fourth-order valence-electron chi connectivity index (χ4n) is 10.6. The quantitative estimate of drug-likeness (QED) is 0.116. The molecule has 3 aromatic heterocycles. The number of aryl methyl sites for hydroxylation is 2. The Morgan fingerprint density at radius 1 is 0.437 bits per heavy atom. The lowest BCUT2D eigenvalue weighted by Crippen LogP contribution is -2.29. The number of carbonyl (C=O) groups excluding carboxylic acids is 3. The summed E-state index contributed by atoms with van der Waals surface area (Å²) in [5, 5.41) is 0. The van der Waals surface area contributed by atoms with Gasteiger partial charge in [-0.25, -0.2) is 29.9 Å². The summed E-state index contributed by atoms with van der Waals surface area (Å²) >= 11 is 0. The van der Waals surface area contributed by atoms with Gasteiger partial charge in [-0.15, -0.1) is 0 Å². The van der Waals surface area contributed by atoms with Crippen LogP contribution in [-0.4, -0.2) is 53.9 Å². The molecular weight excluding hydrogens is 889 g/mol. The number of esters is 3. The highest BCUT2D eigenvalue weighted by Crippen LogP contribution is 2.37. The first-order valence-electron chi connectivity index (χ1n) is 27.5. The Hall–Kier alpha value is -5.13. The molecule has 0 bridgehead atoms. The van der Waals surface area contributed by atoms with Gasteiger partial charge in [-0.05, 0) is 200 Å². The summed E-state index contributed by atoms with van der Waals surface area (Å²) in [4.78, 5) is 62.8. The molecule has 5 aliphatic rings. The maximum atomic E-state index is 12.3. The number of hydrogen-bond acceptors (Lipinski definition) is 12. The van der Waals surface area contributed by atoms with Crippen molar-refractivity contribution in [3.63, 3.8) is 0 Å². The van der Waals surface area contributed by atoms with Crippen molar-refractivity contribution in [3.05, 3.63) is 84.0 Å². The predicted octanol–water partition coefficient (Wildman–Crippen LogP) is 13.9. The Bertz CT molecular complexity index is 2180.